The van der Waals surface area contributed by atoms with E-state index in [2.05, 4.69) is 268 Å². The zero-order valence-electron chi connectivity index (χ0n) is 45.4. The van der Waals surface area contributed by atoms with E-state index in [0.717, 1.165) is 6.42 Å². The molecule has 0 bridgehead atoms. The highest BCUT2D eigenvalue weighted by atomic mass is 15.3. The second-order valence-electron chi connectivity index (χ2n) is 25.5. The minimum atomic E-state index is -0.0610. The molecule has 0 aromatic heterocycles. The van der Waals surface area contributed by atoms with Crippen LogP contribution in [0.3, 0.4) is 0 Å². The van der Waals surface area contributed by atoms with Gasteiger partial charge in [0.25, 0.3) is 6.71 Å². The van der Waals surface area contributed by atoms with Crippen LogP contribution in [0.25, 0.3) is 22.3 Å². The van der Waals surface area contributed by atoms with Crippen LogP contribution in [0.4, 0.5) is 45.5 Å². The zero-order valence-corrected chi connectivity index (χ0v) is 45.4. The van der Waals surface area contributed by atoms with E-state index < -0.39 is 0 Å². The molecule has 3 aliphatic heterocycles. The van der Waals surface area contributed by atoms with Gasteiger partial charge in [-0.05, 0) is 164 Å². The minimum Gasteiger partial charge on any atom is -0.334 e. The summed E-state index contributed by atoms with van der Waals surface area (Å²) in [6, 6.07) is 66.2. The van der Waals surface area contributed by atoms with E-state index in [1.807, 2.05) is 0 Å². The Balaban J connectivity index is 1.14. The molecule has 8 aromatic carbocycles. The van der Waals surface area contributed by atoms with Gasteiger partial charge in [-0.15, -0.1) is 0 Å². The highest BCUT2D eigenvalue weighted by molar-refractivity contribution is 7.00. The van der Waals surface area contributed by atoms with Gasteiger partial charge in [0, 0.05) is 50.8 Å². The number of rotatable bonds is 5. The largest absolute Gasteiger partial charge is 0.334 e. The van der Waals surface area contributed by atoms with Gasteiger partial charge in [0.15, 0.2) is 0 Å². The van der Waals surface area contributed by atoms with Gasteiger partial charge >= 0.3 is 0 Å². The van der Waals surface area contributed by atoms with Crippen LogP contribution in [0, 0.1) is 6.92 Å². The quantitative estimate of drug-likeness (QED) is 0.159. The summed E-state index contributed by atoms with van der Waals surface area (Å²) in [6.45, 7) is 28.2. The molecule has 1 fully saturated rings. The molecule has 0 saturated heterocycles. The van der Waals surface area contributed by atoms with Crippen LogP contribution in [0.5, 0.6) is 0 Å². The number of para-hydroxylation sites is 1. The van der Waals surface area contributed by atoms with Crippen molar-refractivity contribution < 1.29 is 0 Å². The second kappa shape index (κ2) is 16.6. The summed E-state index contributed by atoms with van der Waals surface area (Å²) in [7, 11) is 0. The van der Waals surface area contributed by atoms with Crippen LogP contribution in [-0.4, -0.2) is 12.3 Å². The predicted molar refractivity (Wildman–Crippen MR) is 315 cm³/mol. The Bertz CT molecular complexity index is 3460. The van der Waals surface area contributed by atoms with Crippen LogP contribution in [0.15, 0.2) is 170 Å². The molecular weight excluding hydrogens is 882 g/mol. The van der Waals surface area contributed by atoms with E-state index in [1.165, 1.54) is 131 Å². The third-order valence-electron chi connectivity index (χ3n) is 17.7. The van der Waals surface area contributed by atoms with E-state index in [4.69, 9.17) is 0 Å². The molecule has 3 nitrogen and oxygen atoms in total. The summed E-state index contributed by atoms with van der Waals surface area (Å²) in [5.74, 6) is 0. The molecule has 8 aromatic rings. The fourth-order valence-corrected chi connectivity index (χ4v) is 13.4. The van der Waals surface area contributed by atoms with E-state index >= 15 is 0 Å². The molecule has 4 aliphatic rings. The number of nitrogens with zero attached hydrogens (tertiary/aromatic N) is 3. The van der Waals surface area contributed by atoms with Crippen LogP contribution in [0.1, 0.15) is 130 Å². The maximum atomic E-state index is 2.75. The van der Waals surface area contributed by atoms with Gasteiger partial charge in [0.05, 0.1) is 11.2 Å². The van der Waals surface area contributed by atoms with Gasteiger partial charge in [-0.1, -0.05) is 191 Å². The molecule has 4 heteroatoms. The molecule has 2 atom stereocenters. The highest BCUT2D eigenvalue weighted by Crippen LogP contribution is 2.61. The lowest BCUT2D eigenvalue weighted by molar-refractivity contribution is 0.195. The molecule has 3 heterocycles. The summed E-state index contributed by atoms with van der Waals surface area (Å²) in [5, 5.41) is 0. The first-order chi connectivity index (χ1) is 34.7. The molecular formula is C69H72BN3. The molecule has 0 N–H and O–H groups in total. The summed E-state index contributed by atoms with van der Waals surface area (Å²) in [5.41, 5.74) is 25.6. The predicted octanol–water partition coefficient (Wildman–Crippen LogP) is 17.0. The third-order valence-corrected chi connectivity index (χ3v) is 17.7. The number of anilines is 8. The molecule has 366 valence electrons. The summed E-state index contributed by atoms with van der Waals surface area (Å²) in [4.78, 5) is 8.00. The minimum absolute atomic E-state index is 0.0261. The van der Waals surface area contributed by atoms with Gasteiger partial charge < -0.3 is 14.7 Å². The van der Waals surface area contributed by atoms with Gasteiger partial charge in [0.1, 0.15) is 0 Å². The Kier molecular flexibility index (Phi) is 10.8. The first-order valence-electron chi connectivity index (χ1n) is 27.1. The number of aryl methyl sites for hydroxylation is 1. The van der Waals surface area contributed by atoms with Gasteiger partial charge in [-0.3, -0.25) is 0 Å². The second-order valence-corrected chi connectivity index (χ2v) is 25.5. The van der Waals surface area contributed by atoms with Crippen molar-refractivity contribution in [2.45, 2.75) is 136 Å². The lowest BCUT2D eigenvalue weighted by Gasteiger charge is -2.50. The van der Waals surface area contributed by atoms with Crippen molar-refractivity contribution in [1.29, 1.82) is 0 Å². The van der Waals surface area contributed by atoms with Crippen LogP contribution < -0.4 is 31.1 Å². The summed E-state index contributed by atoms with van der Waals surface area (Å²) >= 11 is 0. The molecule has 0 spiro atoms. The van der Waals surface area contributed by atoms with Crippen molar-refractivity contribution in [1.82, 2.24) is 0 Å². The van der Waals surface area contributed by atoms with Crippen molar-refractivity contribution in [3.8, 4) is 22.3 Å². The Morgan fingerprint density at radius 1 is 0.425 bits per heavy atom. The third kappa shape index (κ3) is 7.44. The monoisotopic (exact) mass is 954 g/mol. The smallest absolute Gasteiger partial charge is 0.252 e. The molecule has 73 heavy (non-hydrogen) atoms. The maximum absolute atomic E-state index is 2.75. The number of hydrogen-bond acceptors (Lipinski definition) is 3. The van der Waals surface area contributed by atoms with E-state index in [9.17, 15) is 0 Å². The first kappa shape index (κ1) is 47.2. The topological polar surface area (TPSA) is 9.72 Å². The van der Waals surface area contributed by atoms with Crippen LogP contribution in [-0.2, 0) is 21.7 Å². The zero-order chi connectivity index (χ0) is 51.0. The molecule has 1 saturated carbocycles. The average Bonchev–Trinajstić information content (AvgIpc) is 3.59. The van der Waals surface area contributed by atoms with Crippen molar-refractivity contribution in [2.75, 3.05) is 14.7 Å². The average molecular weight is 954 g/mol. The van der Waals surface area contributed by atoms with Crippen molar-refractivity contribution in [2.24, 2.45) is 0 Å². The molecule has 12 rings (SSSR count). The highest BCUT2D eigenvalue weighted by Gasteiger charge is 2.58. The Labute approximate surface area is 437 Å². The normalized spacial score (nSPS) is 19.0. The number of hydrogen-bond donors (Lipinski definition) is 0. The first-order valence-corrected chi connectivity index (χ1v) is 27.1. The molecule has 0 amide bonds. The summed E-state index contributed by atoms with van der Waals surface area (Å²) in [6.07, 6.45) is 4.87. The van der Waals surface area contributed by atoms with Crippen molar-refractivity contribution in [3.63, 3.8) is 0 Å². The number of fused-ring (bicyclic) bond motifs is 7. The lowest BCUT2D eigenvalue weighted by Crippen LogP contribution is -2.61. The summed E-state index contributed by atoms with van der Waals surface area (Å²) < 4.78 is 0. The Morgan fingerprint density at radius 2 is 1.00 bits per heavy atom. The van der Waals surface area contributed by atoms with Crippen molar-refractivity contribution in [3.05, 3.63) is 198 Å². The van der Waals surface area contributed by atoms with E-state index in [0.29, 0.717) is 0 Å². The Hall–Kier alpha value is -6.78. The lowest BCUT2D eigenvalue weighted by atomic mass is 9.33. The molecule has 0 radical (unpaired) electrons. The fourth-order valence-electron chi connectivity index (χ4n) is 13.4. The van der Waals surface area contributed by atoms with E-state index in [-0.39, 0.29) is 33.9 Å². The van der Waals surface area contributed by atoms with Gasteiger partial charge in [-0.25, -0.2) is 0 Å². The SMILES string of the molecule is Cc1cc2c3c(c1)N(c1ccc(C(C)(C)C)cc1-c1ccc(C(C)(C)C)cc1)c1ccc(-c4ccccc4)cc1B3c1ccc(N3c4ccccc4C4(C)CCCCC34C)cc1N2c1ccc(C(C)(C)C)cc1. The molecule has 1 aliphatic carbocycles. The van der Waals surface area contributed by atoms with Gasteiger partial charge in [0.2, 0.25) is 0 Å². The standard InChI is InChI=1S/C69H72BN3/c1-45-40-62-64-63(41-45)72(58-37-31-51(67(8,9)10)43-54(58)47-24-27-49(28-25-47)65(2,3)4)60-36-26-48(46-20-14-13-15-21-46)42-57(60)70(64)56-35-34-53(44-61(56)71(62)52-32-29-50(30-33-52)66(5,6)7)73-59-23-17-16-22-55(59)68(11)38-18-19-39-69(68,73)12/h13-17,20-37,40-44H,18-19,38-39H2,1-12H3. The maximum Gasteiger partial charge on any atom is 0.252 e. The Morgan fingerprint density at radius 3 is 1.68 bits per heavy atom. The number of benzene rings is 8. The van der Waals surface area contributed by atoms with Gasteiger partial charge in [-0.2, -0.15) is 0 Å². The van der Waals surface area contributed by atoms with Crippen LogP contribution in [0.2, 0.25) is 0 Å². The molecule has 2 unspecified atom stereocenters. The van der Waals surface area contributed by atoms with E-state index in [1.54, 1.807) is 0 Å². The fraction of sp³-hybridized carbons (Fsp3) is 0.304. The van der Waals surface area contributed by atoms with Crippen molar-refractivity contribution >= 4 is 68.6 Å². The van der Waals surface area contributed by atoms with Crippen LogP contribution >= 0.6 is 0 Å².